The maximum absolute atomic E-state index is 11.2. The van der Waals surface area contributed by atoms with Gasteiger partial charge >= 0.3 is 0 Å². The van der Waals surface area contributed by atoms with E-state index in [0.29, 0.717) is 13.2 Å². The van der Waals surface area contributed by atoms with Gasteiger partial charge in [-0.25, -0.2) is 8.42 Å². The summed E-state index contributed by atoms with van der Waals surface area (Å²) in [6.45, 7) is 3.62. The summed E-state index contributed by atoms with van der Waals surface area (Å²) in [4.78, 5) is 0. The molecule has 0 unspecified atom stereocenters. The lowest BCUT2D eigenvalue weighted by molar-refractivity contribution is 0.0832. The summed E-state index contributed by atoms with van der Waals surface area (Å²) >= 11 is 0. The Labute approximate surface area is 73.2 Å². The third-order valence-electron chi connectivity index (χ3n) is 1.89. The van der Waals surface area contributed by atoms with Crippen molar-refractivity contribution in [3.8, 4) is 0 Å². The van der Waals surface area contributed by atoms with Gasteiger partial charge in [-0.2, -0.15) is 0 Å². The molecule has 1 fully saturated rings. The largest absolute Gasteiger partial charge is 0.378 e. The molecule has 0 radical (unpaired) electrons. The van der Waals surface area contributed by atoms with E-state index in [1.54, 1.807) is 6.92 Å². The fraction of sp³-hybridized carbons (Fsp3) is 1.00. The third-order valence-corrected chi connectivity index (χ3v) is 3.68. The first-order valence-electron chi connectivity index (χ1n) is 4.15. The van der Waals surface area contributed by atoms with E-state index in [2.05, 4.69) is 5.32 Å². The van der Waals surface area contributed by atoms with E-state index in [1.807, 2.05) is 0 Å². The summed E-state index contributed by atoms with van der Waals surface area (Å²) in [7, 11) is -2.86. The van der Waals surface area contributed by atoms with Crippen LogP contribution in [0.25, 0.3) is 0 Å². The molecule has 1 saturated heterocycles. The molecule has 4 nitrogen and oxygen atoms in total. The summed E-state index contributed by atoms with van der Waals surface area (Å²) in [6, 6.07) is -0.0105. The van der Waals surface area contributed by atoms with E-state index in [4.69, 9.17) is 4.74 Å². The Bertz CT molecular complexity index is 219. The average molecular weight is 193 g/mol. The van der Waals surface area contributed by atoms with Gasteiger partial charge in [-0.1, -0.05) is 6.92 Å². The van der Waals surface area contributed by atoms with Crippen molar-refractivity contribution in [1.29, 1.82) is 0 Å². The Morgan fingerprint density at radius 3 is 2.83 bits per heavy atom. The van der Waals surface area contributed by atoms with Crippen molar-refractivity contribution in [3.05, 3.63) is 0 Å². The standard InChI is InChI=1S/C7H15NO3S/c1-2-12(9,10)6-7-5-11-4-3-8-7/h7-8H,2-6H2,1H3/t7-/m0/s1. The summed E-state index contributed by atoms with van der Waals surface area (Å²) < 4.78 is 27.5. The molecule has 12 heavy (non-hydrogen) atoms. The van der Waals surface area contributed by atoms with Crippen molar-refractivity contribution in [1.82, 2.24) is 5.32 Å². The fourth-order valence-electron chi connectivity index (χ4n) is 1.15. The number of hydrogen-bond acceptors (Lipinski definition) is 4. The Hall–Kier alpha value is -0.130. The van der Waals surface area contributed by atoms with E-state index in [9.17, 15) is 8.42 Å². The van der Waals surface area contributed by atoms with E-state index < -0.39 is 9.84 Å². The van der Waals surface area contributed by atoms with Crippen LogP contribution >= 0.6 is 0 Å². The first-order valence-corrected chi connectivity index (χ1v) is 5.98. The second-order valence-corrected chi connectivity index (χ2v) is 5.32. The average Bonchev–Trinajstić information content (AvgIpc) is 2.06. The topological polar surface area (TPSA) is 55.4 Å². The van der Waals surface area contributed by atoms with E-state index >= 15 is 0 Å². The fourth-order valence-corrected chi connectivity index (χ4v) is 2.21. The van der Waals surface area contributed by atoms with E-state index in [1.165, 1.54) is 0 Å². The smallest absolute Gasteiger partial charge is 0.151 e. The molecular formula is C7H15NO3S. The highest BCUT2D eigenvalue weighted by Crippen LogP contribution is 1.98. The number of sulfone groups is 1. The van der Waals surface area contributed by atoms with Gasteiger partial charge in [-0.3, -0.25) is 0 Å². The minimum absolute atomic E-state index is 0.0105. The van der Waals surface area contributed by atoms with Gasteiger partial charge in [0.25, 0.3) is 0 Å². The minimum Gasteiger partial charge on any atom is -0.378 e. The monoisotopic (exact) mass is 193 g/mol. The van der Waals surface area contributed by atoms with Gasteiger partial charge in [0.05, 0.1) is 19.0 Å². The summed E-state index contributed by atoms with van der Waals surface area (Å²) in [5.41, 5.74) is 0. The van der Waals surface area contributed by atoms with Crippen molar-refractivity contribution in [3.63, 3.8) is 0 Å². The van der Waals surface area contributed by atoms with Gasteiger partial charge in [0, 0.05) is 18.3 Å². The lowest BCUT2D eigenvalue weighted by Gasteiger charge is -2.23. The second kappa shape index (κ2) is 4.20. The SMILES string of the molecule is CCS(=O)(=O)C[C@@H]1COCCN1. The van der Waals surface area contributed by atoms with Crippen LogP contribution in [0.2, 0.25) is 0 Å². The van der Waals surface area contributed by atoms with Crippen LogP contribution in [-0.2, 0) is 14.6 Å². The molecule has 0 bridgehead atoms. The Kier molecular flexibility index (Phi) is 3.49. The van der Waals surface area contributed by atoms with Crippen molar-refractivity contribution in [2.45, 2.75) is 13.0 Å². The molecule has 0 aromatic heterocycles. The third kappa shape index (κ3) is 3.08. The van der Waals surface area contributed by atoms with E-state index in [-0.39, 0.29) is 17.5 Å². The number of morpholine rings is 1. The molecule has 1 rings (SSSR count). The number of ether oxygens (including phenoxy) is 1. The molecule has 72 valence electrons. The van der Waals surface area contributed by atoms with Crippen molar-refractivity contribution in [2.75, 3.05) is 31.3 Å². The molecule has 0 saturated carbocycles. The highest BCUT2D eigenvalue weighted by Gasteiger charge is 2.19. The molecular weight excluding hydrogens is 178 g/mol. The molecule has 5 heteroatoms. The molecule has 1 atom stereocenters. The molecule has 0 aliphatic carbocycles. The summed E-state index contributed by atoms with van der Waals surface area (Å²) in [6.07, 6.45) is 0. The van der Waals surface area contributed by atoms with Gasteiger partial charge in [0.15, 0.2) is 9.84 Å². The number of hydrogen-bond donors (Lipinski definition) is 1. The normalized spacial score (nSPS) is 25.6. The summed E-state index contributed by atoms with van der Waals surface area (Å²) in [5, 5.41) is 3.11. The zero-order chi connectivity index (χ0) is 9.03. The van der Waals surface area contributed by atoms with Crippen LogP contribution in [-0.4, -0.2) is 45.7 Å². The van der Waals surface area contributed by atoms with Crippen LogP contribution in [0.4, 0.5) is 0 Å². The second-order valence-electron chi connectivity index (χ2n) is 2.92. The lowest BCUT2D eigenvalue weighted by atomic mass is 10.3. The van der Waals surface area contributed by atoms with Gasteiger partial charge < -0.3 is 10.1 Å². The predicted molar refractivity (Wildman–Crippen MR) is 46.9 cm³/mol. The molecule has 1 heterocycles. The van der Waals surface area contributed by atoms with Crippen molar-refractivity contribution < 1.29 is 13.2 Å². The lowest BCUT2D eigenvalue weighted by Crippen LogP contribution is -2.45. The number of nitrogens with one attached hydrogen (secondary N) is 1. The van der Waals surface area contributed by atoms with Crippen LogP contribution < -0.4 is 5.32 Å². The van der Waals surface area contributed by atoms with Gasteiger partial charge in [-0.15, -0.1) is 0 Å². The van der Waals surface area contributed by atoms with Gasteiger partial charge in [0.1, 0.15) is 0 Å². The van der Waals surface area contributed by atoms with Crippen molar-refractivity contribution in [2.24, 2.45) is 0 Å². The molecule has 0 aromatic carbocycles. The summed E-state index contributed by atoms with van der Waals surface area (Å²) in [5.74, 6) is 0.411. The highest BCUT2D eigenvalue weighted by atomic mass is 32.2. The Morgan fingerprint density at radius 1 is 1.58 bits per heavy atom. The van der Waals surface area contributed by atoms with Crippen LogP contribution in [0.1, 0.15) is 6.92 Å². The maximum atomic E-state index is 11.2. The van der Waals surface area contributed by atoms with Crippen LogP contribution in [0.15, 0.2) is 0 Å². The molecule has 0 amide bonds. The Balaban J connectivity index is 2.39. The molecule has 0 spiro atoms. The first-order chi connectivity index (χ1) is 5.64. The molecule has 1 aliphatic rings. The molecule has 1 N–H and O–H groups in total. The van der Waals surface area contributed by atoms with Crippen molar-refractivity contribution >= 4 is 9.84 Å². The molecule has 0 aromatic rings. The zero-order valence-corrected chi connectivity index (χ0v) is 8.06. The predicted octanol–water partition coefficient (Wildman–Crippen LogP) is -0.590. The van der Waals surface area contributed by atoms with Gasteiger partial charge in [-0.05, 0) is 0 Å². The maximum Gasteiger partial charge on any atom is 0.151 e. The molecule has 1 aliphatic heterocycles. The van der Waals surface area contributed by atoms with Gasteiger partial charge in [0.2, 0.25) is 0 Å². The van der Waals surface area contributed by atoms with Crippen LogP contribution in [0, 0.1) is 0 Å². The Morgan fingerprint density at radius 2 is 2.33 bits per heavy atom. The quantitative estimate of drug-likeness (QED) is 0.651. The highest BCUT2D eigenvalue weighted by molar-refractivity contribution is 7.91. The van der Waals surface area contributed by atoms with Crippen LogP contribution in [0.3, 0.4) is 0 Å². The number of rotatable bonds is 3. The van der Waals surface area contributed by atoms with E-state index in [0.717, 1.165) is 6.54 Å². The van der Waals surface area contributed by atoms with Crippen LogP contribution in [0.5, 0.6) is 0 Å². The first kappa shape index (κ1) is 9.95. The zero-order valence-electron chi connectivity index (χ0n) is 7.25. The minimum atomic E-state index is -2.86.